The first kappa shape index (κ1) is 35.6. The van der Waals surface area contributed by atoms with Gasteiger partial charge >= 0.3 is 5.97 Å². The van der Waals surface area contributed by atoms with Crippen LogP contribution in [0.25, 0.3) is 0 Å². The average molecular weight is 595 g/mol. The maximum atomic E-state index is 12.9. The SMILES string of the molecule is CC[C@H](C)[C@H](NC(=O)[C@H](N)Cc1ccc(O)cc1)C(=O)NCC(=O)N[C@H](CO)C(=O)N[C@@H](CCCN=C(N)N)C(=O)O. The van der Waals surface area contributed by atoms with Crippen molar-refractivity contribution in [2.24, 2.45) is 28.1 Å². The molecular formula is C26H42N8O8. The Morgan fingerprint density at radius 2 is 1.60 bits per heavy atom. The van der Waals surface area contributed by atoms with Crippen LogP contribution < -0.4 is 38.5 Å². The van der Waals surface area contributed by atoms with Crippen molar-refractivity contribution in [1.29, 1.82) is 0 Å². The average Bonchev–Trinajstić information content (AvgIpc) is 2.94. The molecule has 234 valence electrons. The Morgan fingerprint density at radius 3 is 2.14 bits per heavy atom. The van der Waals surface area contributed by atoms with E-state index in [2.05, 4.69) is 26.3 Å². The third-order valence-electron chi connectivity index (χ3n) is 6.34. The van der Waals surface area contributed by atoms with Crippen molar-refractivity contribution in [3.8, 4) is 5.75 Å². The van der Waals surface area contributed by atoms with Crippen LogP contribution in [-0.4, -0.2) is 94.7 Å². The number of amides is 4. The van der Waals surface area contributed by atoms with Gasteiger partial charge in [0.15, 0.2) is 5.96 Å². The molecule has 0 aliphatic rings. The number of rotatable bonds is 18. The quantitative estimate of drug-likeness (QED) is 0.0464. The van der Waals surface area contributed by atoms with Crippen molar-refractivity contribution < 1.29 is 39.3 Å². The molecule has 16 nitrogen and oxygen atoms in total. The number of nitrogens with two attached hydrogens (primary N) is 3. The Labute approximate surface area is 243 Å². The zero-order valence-corrected chi connectivity index (χ0v) is 23.7. The van der Waals surface area contributed by atoms with E-state index in [0.29, 0.717) is 12.0 Å². The van der Waals surface area contributed by atoms with E-state index in [0.717, 1.165) is 0 Å². The molecule has 0 spiro atoms. The smallest absolute Gasteiger partial charge is 0.326 e. The summed E-state index contributed by atoms with van der Waals surface area (Å²) >= 11 is 0. The van der Waals surface area contributed by atoms with Crippen molar-refractivity contribution in [1.82, 2.24) is 21.3 Å². The molecular weight excluding hydrogens is 552 g/mol. The monoisotopic (exact) mass is 594 g/mol. The summed E-state index contributed by atoms with van der Waals surface area (Å²) in [5, 5.41) is 37.8. The molecule has 13 N–H and O–H groups in total. The highest BCUT2D eigenvalue weighted by molar-refractivity contribution is 5.94. The van der Waals surface area contributed by atoms with Crippen molar-refractivity contribution in [3.63, 3.8) is 0 Å². The first-order valence-corrected chi connectivity index (χ1v) is 13.4. The Hall–Kier alpha value is -4.44. The maximum absolute atomic E-state index is 12.9. The van der Waals surface area contributed by atoms with Crippen molar-refractivity contribution in [2.75, 3.05) is 19.7 Å². The summed E-state index contributed by atoms with van der Waals surface area (Å²) in [7, 11) is 0. The van der Waals surface area contributed by atoms with E-state index in [1.165, 1.54) is 12.1 Å². The molecule has 0 fully saturated rings. The third kappa shape index (κ3) is 12.8. The van der Waals surface area contributed by atoms with Gasteiger partial charge in [-0.1, -0.05) is 32.4 Å². The van der Waals surface area contributed by atoms with E-state index in [-0.39, 0.29) is 43.4 Å². The van der Waals surface area contributed by atoms with E-state index in [1.54, 1.807) is 19.1 Å². The summed E-state index contributed by atoms with van der Waals surface area (Å²) in [5.74, 6) is -4.78. The summed E-state index contributed by atoms with van der Waals surface area (Å²) < 4.78 is 0. The Balaban J connectivity index is 2.70. The standard InChI is InChI=1S/C26H42N8O8/c1-3-14(2)21(34-22(38)17(27)11-15-6-8-16(36)9-7-15)24(40)31-12-20(37)32-19(13-35)23(39)33-18(25(41)42)5-4-10-30-26(28)29/h6-9,14,17-19,21,35-36H,3-5,10-13,27H2,1-2H3,(H,31,40)(H,32,37)(H,33,39)(H,34,38)(H,41,42)(H4,28,29,30)/t14-,17+,18-,19+,21-/m0/s1. The fourth-order valence-corrected chi connectivity index (χ4v) is 3.69. The summed E-state index contributed by atoms with van der Waals surface area (Å²) in [6.45, 7) is 2.26. The van der Waals surface area contributed by atoms with Gasteiger partial charge in [-0.3, -0.25) is 24.2 Å². The number of hydrogen-bond donors (Lipinski definition) is 10. The van der Waals surface area contributed by atoms with Gasteiger partial charge < -0.3 is 53.8 Å². The number of carbonyl (C=O) groups excluding carboxylic acids is 4. The predicted octanol–water partition coefficient (Wildman–Crippen LogP) is -2.99. The number of carboxylic acids is 1. The molecule has 1 aromatic rings. The number of hydrogen-bond acceptors (Lipinski definition) is 9. The number of carbonyl (C=O) groups is 5. The van der Waals surface area contributed by atoms with Gasteiger partial charge in [-0.05, 0) is 42.9 Å². The van der Waals surface area contributed by atoms with Crippen LogP contribution in [0.1, 0.15) is 38.7 Å². The second-order valence-electron chi connectivity index (χ2n) is 9.72. The summed E-state index contributed by atoms with van der Waals surface area (Å²) in [4.78, 5) is 65.8. The molecule has 4 amide bonds. The zero-order chi connectivity index (χ0) is 31.8. The maximum Gasteiger partial charge on any atom is 0.326 e. The lowest BCUT2D eigenvalue weighted by atomic mass is 9.97. The zero-order valence-electron chi connectivity index (χ0n) is 23.7. The minimum Gasteiger partial charge on any atom is -0.508 e. The van der Waals surface area contributed by atoms with E-state index >= 15 is 0 Å². The Kier molecular flexibility index (Phi) is 15.3. The molecule has 1 rings (SSSR count). The van der Waals surface area contributed by atoms with Crippen LogP contribution in [-0.2, 0) is 30.4 Å². The third-order valence-corrected chi connectivity index (χ3v) is 6.34. The van der Waals surface area contributed by atoms with Crippen LogP contribution in [0.15, 0.2) is 29.3 Å². The van der Waals surface area contributed by atoms with Crippen LogP contribution >= 0.6 is 0 Å². The largest absolute Gasteiger partial charge is 0.508 e. The predicted molar refractivity (Wildman–Crippen MR) is 153 cm³/mol. The number of carboxylic acid groups (broad SMARTS) is 1. The van der Waals surface area contributed by atoms with Gasteiger partial charge in [-0.2, -0.15) is 0 Å². The van der Waals surface area contributed by atoms with E-state index in [1.807, 2.05) is 6.92 Å². The highest BCUT2D eigenvalue weighted by Gasteiger charge is 2.29. The number of aliphatic carboxylic acids is 1. The van der Waals surface area contributed by atoms with Crippen molar-refractivity contribution in [2.45, 2.75) is 63.7 Å². The number of aromatic hydroxyl groups is 1. The normalized spacial score (nSPS) is 14.3. The summed E-state index contributed by atoms with van der Waals surface area (Å²) in [6, 6.07) is 1.36. The minimum atomic E-state index is -1.49. The number of nitrogens with zero attached hydrogens (tertiary/aromatic N) is 1. The molecule has 0 saturated carbocycles. The highest BCUT2D eigenvalue weighted by Crippen LogP contribution is 2.12. The number of aliphatic imine (C=N–C) groups is 1. The lowest BCUT2D eigenvalue weighted by Crippen LogP contribution is -2.57. The van der Waals surface area contributed by atoms with Gasteiger partial charge in [-0.15, -0.1) is 0 Å². The molecule has 1 aromatic carbocycles. The minimum absolute atomic E-state index is 0.0126. The summed E-state index contributed by atoms with van der Waals surface area (Å²) in [5.41, 5.74) is 17.2. The van der Waals surface area contributed by atoms with Gasteiger partial charge in [0.2, 0.25) is 23.6 Å². The number of aliphatic hydroxyl groups is 1. The molecule has 0 bridgehead atoms. The van der Waals surface area contributed by atoms with Crippen molar-refractivity contribution in [3.05, 3.63) is 29.8 Å². The van der Waals surface area contributed by atoms with E-state index in [4.69, 9.17) is 17.2 Å². The fourth-order valence-electron chi connectivity index (χ4n) is 3.69. The Morgan fingerprint density at radius 1 is 0.952 bits per heavy atom. The first-order valence-electron chi connectivity index (χ1n) is 13.4. The molecule has 0 radical (unpaired) electrons. The molecule has 16 heteroatoms. The molecule has 0 aliphatic carbocycles. The number of phenols is 1. The number of aliphatic hydroxyl groups excluding tert-OH is 1. The van der Waals surface area contributed by atoms with E-state index in [9.17, 15) is 39.3 Å². The number of nitrogens with one attached hydrogen (secondary N) is 4. The second kappa shape index (κ2) is 18.1. The number of guanidine groups is 1. The molecule has 42 heavy (non-hydrogen) atoms. The van der Waals surface area contributed by atoms with Gasteiger partial charge in [0.05, 0.1) is 19.2 Å². The number of phenolic OH excluding ortho intramolecular Hbond substituents is 1. The van der Waals surface area contributed by atoms with Gasteiger partial charge in [0, 0.05) is 6.54 Å². The van der Waals surface area contributed by atoms with Crippen LogP contribution in [0.4, 0.5) is 0 Å². The molecule has 0 unspecified atom stereocenters. The second-order valence-corrected chi connectivity index (χ2v) is 9.72. The van der Waals surface area contributed by atoms with Gasteiger partial charge in [0.1, 0.15) is 23.9 Å². The topological polar surface area (TPSA) is 285 Å². The fraction of sp³-hybridized carbons (Fsp3) is 0.538. The molecule has 0 aromatic heterocycles. The van der Waals surface area contributed by atoms with Crippen LogP contribution in [0.3, 0.4) is 0 Å². The van der Waals surface area contributed by atoms with Crippen LogP contribution in [0, 0.1) is 5.92 Å². The van der Waals surface area contributed by atoms with E-state index < -0.39 is 66.9 Å². The lowest BCUT2D eigenvalue weighted by Gasteiger charge is -2.25. The summed E-state index contributed by atoms with van der Waals surface area (Å²) in [6.07, 6.45) is 0.905. The molecule has 0 aliphatic heterocycles. The first-order chi connectivity index (χ1) is 19.8. The van der Waals surface area contributed by atoms with Gasteiger partial charge in [0.25, 0.3) is 0 Å². The highest BCUT2D eigenvalue weighted by atomic mass is 16.4. The molecule has 0 heterocycles. The number of benzene rings is 1. The lowest BCUT2D eigenvalue weighted by molar-refractivity contribution is -0.142. The van der Waals surface area contributed by atoms with Gasteiger partial charge in [-0.25, -0.2) is 4.79 Å². The van der Waals surface area contributed by atoms with Crippen LogP contribution in [0.5, 0.6) is 5.75 Å². The molecule has 0 saturated heterocycles. The van der Waals surface area contributed by atoms with Crippen molar-refractivity contribution >= 4 is 35.6 Å². The Bertz CT molecular complexity index is 1090. The van der Waals surface area contributed by atoms with Crippen LogP contribution in [0.2, 0.25) is 0 Å². The molecule has 5 atom stereocenters.